The fourth-order valence-corrected chi connectivity index (χ4v) is 4.37. The second-order valence-corrected chi connectivity index (χ2v) is 7.26. The third-order valence-electron chi connectivity index (χ3n) is 3.47. The first-order valence-corrected chi connectivity index (χ1v) is 9.84. The number of ether oxygens (including phenoxy) is 1. The van der Waals surface area contributed by atoms with Crippen LogP contribution in [0, 0.1) is 0 Å². The van der Waals surface area contributed by atoms with Crippen molar-refractivity contribution in [1.29, 1.82) is 0 Å². The van der Waals surface area contributed by atoms with Crippen molar-refractivity contribution < 1.29 is 9.53 Å². The maximum Gasteiger partial charge on any atom is 0.209 e. The van der Waals surface area contributed by atoms with Crippen LogP contribution in [-0.2, 0) is 9.53 Å². The molecule has 0 bridgehead atoms. The van der Waals surface area contributed by atoms with Crippen molar-refractivity contribution in [2.45, 2.75) is 17.9 Å². The third kappa shape index (κ3) is 3.91. The fraction of sp³-hybridized carbons (Fsp3) is 0.158. The van der Waals surface area contributed by atoms with Gasteiger partial charge in [-0.15, -0.1) is 0 Å². The number of hydrogen-bond acceptors (Lipinski definition) is 5. The molecule has 0 spiro atoms. The van der Waals surface area contributed by atoms with Gasteiger partial charge >= 0.3 is 0 Å². The van der Waals surface area contributed by atoms with Gasteiger partial charge in [0.25, 0.3) is 0 Å². The molecule has 0 amide bonds. The van der Waals surface area contributed by atoms with E-state index in [1.807, 2.05) is 67.6 Å². The van der Waals surface area contributed by atoms with Crippen LogP contribution in [0.3, 0.4) is 0 Å². The summed E-state index contributed by atoms with van der Waals surface area (Å²) in [5.41, 5.74) is 0.984. The first kappa shape index (κ1) is 16.9. The van der Waals surface area contributed by atoms with Crippen LogP contribution in [0.5, 0.6) is 0 Å². The van der Waals surface area contributed by atoms with Gasteiger partial charge in [0.1, 0.15) is 5.03 Å². The van der Waals surface area contributed by atoms with Crippen molar-refractivity contribution in [3.63, 3.8) is 0 Å². The van der Waals surface area contributed by atoms with E-state index >= 15 is 0 Å². The zero-order chi connectivity index (χ0) is 16.8. The van der Waals surface area contributed by atoms with E-state index in [9.17, 15) is 4.79 Å². The fourth-order valence-electron chi connectivity index (χ4n) is 2.37. The molecule has 1 aromatic heterocycles. The predicted octanol–water partition coefficient (Wildman–Crippen LogP) is 4.99. The Labute approximate surface area is 149 Å². The molecule has 1 aliphatic rings. The summed E-state index contributed by atoms with van der Waals surface area (Å²) in [6.07, 6.45) is 5.68. The molecule has 5 heteroatoms. The summed E-state index contributed by atoms with van der Waals surface area (Å²) in [4.78, 5) is 18.0. The van der Waals surface area contributed by atoms with Gasteiger partial charge in [-0.25, -0.2) is 4.98 Å². The number of allylic oxidation sites excluding steroid dienone is 3. The van der Waals surface area contributed by atoms with Crippen LogP contribution in [0.2, 0.25) is 0 Å². The Morgan fingerprint density at radius 1 is 1.08 bits per heavy atom. The molecule has 3 rings (SSSR count). The van der Waals surface area contributed by atoms with E-state index in [-0.39, 0.29) is 11.7 Å². The van der Waals surface area contributed by atoms with Crippen molar-refractivity contribution >= 4 is 27.4 Å². The molecule has 2 aromatic rings. The van der Waals surface area contributed by atoms with Gasteiger partial charge in [-0.1, -0.05) is 42.5 Å². The number of pyridine rings is 1. The number of benzene rings is 1. The Bertz CT molecular complexity index is 757. The number of ketones is 1. The van der Waals surface area contributed by atoms with Crippen molar-refractivity contribution in [1.82, 2.24) is 4.98 Å². The molecule has 122 valence electrons. The first-order chi connectivity index (χ1) is 11.8. The molecule has 1 aromatic carbocycles. The SMILES string of the molecule is CCOC1=C(SSc2ccccn2)C=CC(c2ccccc2)C1=O. The highest BCUT2D eigenvalue weighted by Crippen LogP contribution is 2.41. The predicted molar refractivity (Wildman–Crippen MR) is 99.7 cm³/mol. The molecular weight excluding hydrogens is 338 g/mol. The minimum Gasteiger partial charge on any atom is -0.489 e. The van der Waals surface area contributed by atoms with E-state index in [0.717, 1.165) is 15.5 Å². The minimum absolute atomic E-state index is 0.00895. The largest absolute Gasteiger partial charge is 0.489 e. The average Bonchev–Trinajstić information content (AvgIpc) is 2.64. The highest BCUT2D eigenvalue weighted by molar-refractivity contribution is 8.78. The lowest BCUT2D eigenvalue weighted by Crippen LogP contribution is -2.19. The molecule has 24 heavy (non-hydrogen) atoms. The van der Waals surface area contributed by atoms with Crippen molar-refractivity contribution in [3.8, 4) is 0 Å². The van der Waals surface area contributed by atoms with Crippen LogP contribution in [0.4, 0.5) is 0 Å². The molecule has 0 N–H and O–H groups in total. The van der Waals surface area contributed by atoms with E-state index in [2.05, 4.69) is 4.98 Å². The monoisotopic (exact) mass is 355 g/mol. The molecule has 0 aliphatic heterocycles. The Kier molecular flexibility index (Phi) is 5.77. The number of carbonyl (C=O) groups is 1. The van der Waals surface area contributed by atoms with Crippen LogP contribution in [0.15, 0.2) is 82.6 Å². The molecule has 1 aliphatic carbocycles. The molecular formula is C19H17NO2S2. The van der Waals surface area contributed by atoms with Gasteiger partial charge in [0.2, 0.25) is 5.78 Å². The summed E-state index contributed by atoms with van der Waals surface area (Å²) in [6, 6.07) is 15.6. The zero-order valence-electron chi connectivity index (χ0n) is 13.2. The summed E-state index contributed by atoms with van der Waals surface area (Å²) < 4.78 is 5.67. The Morgan fingerprint density at radius 2 is 1.88 bits per heavy atom. The van der Waals surface area contributed by atoms with Crippen molar-refractivity contribution in [2.75, 3.05) is 6.61 Å². The van der Waals surface area contributed by atoms with Gasteiger partial charge in [-0.2, -0.15) is 0 Å². The zero-order valence-corrected chi connectivity index (χ0v) is 14.8. The Morgan fingerprint density at radius 3 is 2.58 bits per heavy atom. The van der Waals surface area contributed by atoms with E-state index < -0.39 is 0 Å². The second-order valence-electron chi connectivity index (χ2n) is 5.07. The number of nitrogens with zero attached hydrogens (tertiary/aromatic N) is 1. The Hall–Kier alpha value is -1.98. The molecule has 0 saturated heterocycles. The molecule has 0 radical (unpaired) electrons. The van der Waals surface area contributed by atoms with Crippen LogP contribution in [0.1, 0.15) is 18.4 Å². The molecule has 1 atom stereocenters. The highest BCUT2D eigenvalue weighted by Gasteiger charge is 2.29. The quantitative estimate of drug-likeness (QED) is 0.682. The maximum absolute atomic E-state index is 12.9. The second kappa shape index (κ2) is 8.22. The Balaban J connectivity index is 1.81. The highest BCUT2D eigenvalue weighted by atomic mass is 33.1. The van der Waals surface area contributed by atoms with Gasteiger partial charge in [0.05, 0.1) is 17.4 Å². The molecule has 0 saturated carbocycles. The van der Waals surface area contributed by atoms with Crippen LogP contribution < -0.4 is 0 Å². The molecule has 3 nitrogen and oxygen atoms in total. The number of Topliss-reactive ketones (excluding diaryl/α,β-unsaturated/α-hetero) is 1. The summed E-state index contributed by atoms with van der Waals surface area (Å²) in [7, 11) is 3.02. The van der Waals surface area contributed by atoms with Gasteiger partial charge < -0.3 is 4.74 Å². The number of aromatic nitrogens is 1. The van der Waals surface area contributed by atoms with E-state index in [0.29, 0.717) is 12.4 Å². The maximum atomic E-state index is 12.9. The van der Waals surface area contributed by atoms with E-state index in [4.69, 9.17) is 4.74 Å². The standard InChI is InChI=1S/C19H17NO2S2/c1-2-22-19-16(23-24-17-10-6-7-13-20-17)12-11-15(18(19)21)14-8-4-3-5-9-14/h3-13,15H,2H2,1H3. The topological polar surface area (TPSA) is 39.2 Å². The average molecular weight is 355 g/mol. The molecule has 1 heterocycles. The smallest absolute Gasteiger partial charge is 0.209 e. The van der Waals surface area contributed by atoms with E-state index in [1.165, 1.54) is 21.6 Å². The minimum atomic E-state index is -0.281. The lowest BCUT2D eigenvalue weighted by atomic mass is 9.90. The number of hydrogen-bond donors (Lipinski definition) is 0. The normalized spacial score (nSPS) is 17.2. The number of rotatable bonds is 6. The van der Waals surface area contributed by atoms with Gasteiger partial charge in [-0.05, 0) is 52.3 Å². The summed E-state index contributed by atoms with van der Waals surface area (Å²) in [5.74, 6) is 0.175. The van der Waals surface area contributed by atoms with Crippen LogP contribution >= 0.6 is 21.6 Å². The van der Waals surface area contributed by atoms with E-state index in [1.54, 1.807) is 6.20 Å². The van der Waals surface area contributed by atoms with Crippen LogP contribution in [-0.4, -0.2) is 17.4 Å². The molecule has 1 unspecified atom stereocenters. The lowest BCUT2D eigenvalue weighted by Gasteiger charge is -2.21. The summed E-state index contributed by atoms with van der Waals surface area (Å²) in [5, 5.41) is 0.900. The van der Waals surface area contributed by atoms with Gasteiger partial charge in [-0.3, -0.25) is 4.79 Å². The van der Waals surface area contributed by atoms with Crippen molar-refractivity contribution in [2.24, 2.45) is 0 Å². The van der Waals surface area contributed by atoms with Gasteiger partial charge in [0.15, 0.2) is 5.76 Å². The number of carbonyl (C=O) groups excluding carboxylic acids is 1. The molecule has 0 fully saturated rings. The van der Waals surface area contributed by atoms with Crippen molar-refractivity contribution in [3.05, 3.63) is 83.1 Å². The third-order valence-corrected chi connectivity index (χ3v) is 5.77. The van der Waals surface area contributed by atoms with Crippen LogP contribution in [0.25, 0.3) is 0 Å². The summed E-state index contributed by atoms with van der Waals surface area (Å²) in [6.45, 7) is 2.36. The first-order valence-electron chi connectivity index (χ1n) is 7.69. The lowest BCUT2D eigenvalue weighted by molar-refractivity contribution is -0.119. The summed E-state index contributed by atoms with van der Waals surface area (Å²) >= 11 is 0. The van der Waals surface area contributed by atoms with Gasteiger partial charge in [0, 0.05) is 6.20 Å².